The second kappa shape index (κ2) is 3.66. The van der Waals surface area contributed by atoms with E-state index in [0.717, 1.165) is 0 Å². The van der Waals surface area contributed by atoms with Gasteiger partial charge in [0.15, 0.2) is 0 Å². The molecule has 1 amide bonds. The molecule has 5 nitrogen and oxygen atoms in total. The van der Waals surface area contributed by atoms with E-state index in [9.17, 15) is 9.59 Å². The molecule has 68 valence electrons. The van der Waals surface area contributed by atoms with Crippen LogP contribution in [0.4, 0.5) is 5.82 Å². The minimum atomic E-state index is -1.11. The van der Waals surface area contributed by atoms with Crippen molar-refractivity contribution >= 4 is 17.7 Å². The fourth-order valence-electron chi connectivity index (χ4n) is 0.844. The number of hydrogen-bond donors (Lipinski definition) is 2. The van der Waals surface area contributed by atoms with E-state index in [1.807, 2.05) is 0 Å². The summed E-state index contributed by atoms with van der Waals surface area (Å²) < 4.78 is 0. The molecule has 0 aromatic carbocycles. The number of anilines is 1. The highest BCUT2D eigenvalue weighted by atomic mass is 16.4. The molecule has 0 saturated carbocycles. The van der Waals surface area contributed by atoms with Crippen LogP contribution in [-0.2, 0) is 4.79 Å². The number of carbonyl (C=O) groups excluding carboxylic acids is 1. The lowest BCUT2D eigenvalue weighted by Crippen LogP contribution is -2.12. The van der Waals surface area contributed by atoms with Crippen molar-refractivity contribution in [3.8, 4) is 0 Å². The first-order valence-electron chi connectivity index (χ1n) is 3.57. The van der Waals surface area contributed by atoms with Crippen molar-refractivity contribution in [2.75, 3.05) is 5.32 Å². The first-order valence-corrected chi connectivity index (χ1v) is 3.57. The molecule has 13 heavy (non-hydrogen) atoms. The van der Waals surface area contributed by atoms with Crippen LogP contribution in [0.5, 0.6) is 0 Å². The number of pyridine rings is 1. The molecule has 0 aliphatic rings. The first-order chi connectivity index (χ1) is 6.11. The maximum Gasteiger partial charge on any atom is 0.339 e. The Morgan fingerprint density at radius 3 is 2.77 bits per heavy atom. The van der Waals surface area contributed by atoms with E-state index in [4.69, 9.17) is 5.11 Å². The van der Waals surface area contributed by atoms with Gasteiger partial charge < -0.3 is 10.4 Å². The molecular formula is C8H8N2O3. The van der Waals surface area contributed by atoms with E-state index in [2.05, 4.69) is 10.3 Å². The molecule has 1 rings (SSSR count). The molecule has 0 spiro atoms. The number of aromatic carboxylic acids is 1. The second-order valence-electron chi connectivity index (χ2n) is 2.39. The highest BCUT2D eigenvalue weighted by Crippen LogP contribution is 2.10. The fraction of sp³-hybridized carbons (Fsp3) is 0.125. The average Bonchev–Trinajstić information content (AvgIpc) is 2.03. The molecule has 1 aromatic heterocycles. The Balaban J connectivity index is 3.04. The number of aromatic nitrogens is 1. The molecule has 0 fully saturated rings. The van der Waals surface area contributed by atoms with Gasteiger partial charge in [0, 0.05) is 13.1 Å². The molecule has 0 saturated heterocycles. The second-order valence-corrected chi connectivity index (χ2v) is 2.39. The van der Waals surface area contributed by atoms with E-state index >= 15 is 0 Å². The minimum Gasteiger partial charge on any atom is -0.478 e. The largest absolute Gasteiger partial charge is 0.478 e. The highest BCUT2D eigenvalue weighted by molar-refractivity contribution is 5.98. The van der Waals surface area contributed by atoms with Gasteiger partial charge in [0.05, 0.1) is 0 Å². The van der Waals surface area contributed by atoms with Gasteiger partial charge in [0.25, 0.3) is 0 Å². The molecule has 0 radical (unpaired) electrons. The van der Waals surface area contributed by atoms with Gasteiger partial charge in [0.2, 0.25) is 5.91 Å². The van der Waals surface area contributed by atoms with Crippen molar-refractivity contribution in [1.82, 2.24) is 4.98 Å². The number of rotatable bonds is 2. The number of carboxylic acids is 1. The van der Waals surface area contributed by atoms with Gasteiger partial charge in [-0.15, -0.1) is 0 Å². The normalized spacial score (nSPS) is 9.31. The monoisotopic (exact) mass is 180 g/mol. The topological polar surface area (TPSA) is 79.3 Å². The van der Waals surface area contributed by atoms with Crippen molar-refractivity contribution in [1.29, 1.82) is 0 Å². The third-order valence-corrected chi connectivity index (χ3v) is 1.33. The van der Waals surface area contributed by atoms with Crippen molar-refractivity contribution < 1.29 is 14.7 Å². The average molecular weight is 180 g/mol. The van der Waals surface area contributed by atoms with E-state index < -0.39 is 5.97 Å². The number of nitrogens with one attached hydrogen (secondary N) is 1. The van der Waals surface area contributed by atoms with Crippen LogP contribution in [0.3, 0.4) is 0 Å². The molecule has 1 heterocycles. The molecule has 0 bridgehead atoms. The summed E-state index contributed by atoms with van der Waals surface area (Å²) in [6.07, 6.45) is 1.41. The summed E-state index contributed by atoms with van der Waals surface area (Å²) >= 11 is 0. The summed E-state index contributed by atoms with van der Waals surface area (Å²) in [4.78, 5) is 25.0. The molecule has 0 aliphatic carbocycles. The molecule has 5 heteroatoms. The van der Waals surface area contributed by atoms with Crippen molar-refractivity contribution in [2.45, 2.75) is 6.92 Å². The molecule has 0 unspecified atom stereocenters. The zero-order valence-electron chi connectivity index (χ0n) is 6.94. The molecular weight excluding hydrogens is 172 g/mol. The van der Waals surface area contributed by atoms with Gasteiger partial charge in [-0.2, -0.15) is 0 Å². The van der Waals surface area contributed by atoms with Crippen molar-refractivity contribution in [3.05, 3.63) is 23.9 Å². The van der Waals surface area contributed by atoms with Crippen LogP contribution in [0, 0.1) is 0 Å². The van der Waals surface area contributed by atoms with Gasteiger partial charge in [-0.1, -0.05) is 0 Å². The van der Waals surface area contributed by atoms with Crippen LogP contribution in [-0.4, -0.2) is 22.0 Å². The zero-order valence-corrected chi connectivity index (χ0v) is 6.94. The van der Waals surface area contributed by atoms with Gasteiger partial charge in [-0.05, 0) is 12.1 Å². The summed E-state index contributed by atoms with van der Waals surface area (Å²) in [5, 5.41) is 11.0. The summed E-state index contributed by atoms with van der Waals surface area (Å²) in [5.74, 6) is -1.39. The Kier molecular flexibility index (Phi) is 2.59. The number of carbonyl (C=O) groups is 2. The maximum absolute atomic E-state index is 10.6. The number of amides is 1. The van der Waals surface area contributed by atoms with Crippen LogP contribution in [0.25, 0.3) is 0 Å². The van der Waals surface area contributed by atoms with E-state index in [-0.39, 0.29) is 17.3 Å². The SMILES string of the molecule is CC(=O)Nc1ncccc1C(=O)O. The zero-order chi connectivity index (χ0) is 9.84. The predicted molar refractivity (Wildman–Crippen MR) is 45.5 cm³/mol. The van der Waals surface area contributed by atoms with E-state index in [0.29, 0.717) is 0 Å². The lowest BCUT2D eigenvalue weighted by molar-refractivity contribution is -0.114. The van der Waals surface area contributed by atoms with Crippen LogP contribution >= 0.6 is 0 Å². The lowest BCUT2D eigenvalue weighted by atomic mass is 10.2. The summed E-state index contributed by atoms with van der Waals surface area (Å²) in [7, 11) is 0. The lowest BCUT2D eigenvalue weighted by Gasteiger charge is -2.03. The summed E-state index contributed by atoms with van der Waals surface area (Å²) in [6.45, 7) is 1.29. The van der Waals surface area contributed by atoms with Gasteiger partial charge >= 0.3 is 5.97 Å². The third-order valence-electron chi connectivity index (χ3n) is 1.33. The smallest absolute Gasteiger partial charge is 0.339 e. The standard InChI is InChI=1S/C8H8N2O3/c1-5(11)10-7-6(8(12)13)3-2-4-9-7/h2-4H,1H3,(H,12,13)(H,9,10,11). The van der Waals surface area contributed by atoms with Crippen LogP contribution < -0.4 is 5.32 Å². The Morgan fingerprint density at radius 1 is 1.54 bits per heavy atom. The summed E-state index contributed by atoms with van der Waals surface area (Å²) in [5.41, 5.74) is -0.0160. The van der Waals surface area contributed by atoms with Crippen LogP contribution in [0.2, 0.25) is 0 Å². The van der Waals surface area contributed by atoms with Gasteiger partial charge in [-0.25, -0.2) is 9.78 Å². The van der Waals surface area contributed by atoms with Gasteiger partial charge in [-0.3, -0.25) is 4.79 Å². The first kappa shape index (κ1) is 9.18. The van der Waals surface area contributed by atoms with Gasteiger partial charge in [0.1, 0.15) is 11.4 Å². The van der Waals surface area contributed by atoms with Crippen molar-refractivity contribution in [2.24, 2.45) is 0 Å². The Labute approximate surface area is 74.4 Å². The minimum absolute atomic E-state index is 0.0160. The third kappa shape index (κ3) is 2.26. The predicted octanol–water partition coefficient (Wildman–Crippen LogP) is 0.738. The highest BCUT2D eigenvalue weighted by Gasteiger charge is 2.10. The molecule has 2 N–H and O–H groups in total. The van der Waals surface area contributed by atoms with E-state index in [1.54, 1.807) is 0 Å². The van der Waals surface area contributed by atoms with Crippen LogP contribution in [0.1, 0.15) is 17.3 Å². The number of hydrogen-bond acceptors (Lipinski definition) is 3. The molecule has 0 atom stereocenters. The number of nitrogens with zero attached hydrogens (tertiary/aromatic N) is 1. The molecule has 0 aliphatic heterocycles. The molecule has 1 aromatic rings. The van der Waals surface area contributed by atoms with Crippen molar-refractivity contribution in [3.63, 3.8) is 0 Å². The Morgan fingerprint density at radius 2 is 2.23 bits per heavy atom. The summed E-state index contributed by atoms with van der Waals surface area (Å²) in [6, 6.07) is 2.87. The number of carboxylic acid groups (broad SMARTS) is 1. The Hall–Kier alpha value is -1.91. The quantitative estimate of drug-likeness (QED) is 0.703. The maximum atomic E-state index is 10.6. The Bertz CT molecular complexity index is 349. The fourth-order valence-corrected chi connectivity index (χ4v) is 0.844. The van der Waals surface area contributed by atoms with E-state index in [1.165, 1.54) is 25.3 Å². The van der Waals surface area contributed by atoms with Crippen LogP contribution in [0.15, 0.2) is 18.3 Å².